The largest absolute Gasteiger partial charge is 0.455 e. The summed E-state index contributed by atoms with van der Waals surface area (Å²) in [5, 5.41) is 4.49. The molecule has 10 aromatic rings. The topological polar surface area (TPSA) is 56.7 Å². The van der Waals surface area contributed by atoms with Gasteiger partial charge in [-0.3, -0.25) is 0 Å². The van der Waals surface area contributed by atoms with Crippen molar-refractivity contribution in [3.05, 3.63) is 140 Å². The molecule has 7 aromatic carbocycles. The lowest BCUT2D eigenvalue weighted by Crippen LogP contribution is -2.55. The van der Waals surface area contributed by atoms with E-state index in [9.17, 15) is 0 Å². The highest BCUT2D eigenvalue weighted by Gasteiger charge is 2.22. The quantitative estimate of drug-likeness (QED) is 0.260. The van der Waals surface area contributed by atoms with Crippen LogP contribution in [0.3, 0.4) is 0 Å². The number of benzene rings is 7. The molecule has 0 saturated heterocycles. The zero-order valence-corrected chi connectivity index (χ0v) is 31.5. The van der Waals surface area contributed by atoms with E-state index in [1.807, 2.05) is 36.4 Å². The normalized spacial score (nSPS) is 11.6. The molecule has 0 radical (unpaired) electrons. The second-order valence-corrected chi connectivity index (χ2v) is 14.6. The third kappa shape index (κ3) is 5.19. The number of fused-ring (bicyclic) bond motifs is 6. The van der Waals surface area contributed by atoms with Gasteiger partial charge in [-0.2, -0.15) is 0 Å². The summed E-state index contributed by atoms with van der Waals surface area (Å²) < 4.78 is 9.15. The summed E-state index contributed by atoms with van der Waals surface area (Å²) in [5.74, 6) is 1.78. The first-order valence-corrected chi connectivity index (χ1v) is 18.8. The average Bonchev–Trinajstić information content (AvgIpc) is 3.79. The summed E-state index contributed by atoms with van der Waals surface area (Å²) in [6, 6.07) is 48.5. The molecule has 0 aliphatic carbocycles. The molecule has 0 atom stereocenters. The summed E-state index contributed by atoms with van der Waals surface area (Å²) in [4.78, 5) is 15.3. The fourth-order valence-electron chi connectivity index (χ4n) is 8.43. The van der Waals surface area contributed by atoms with Gasteiger partial charge in [0.25, 0.3) is 0 Å². The molecule has 0 amide bonds. The van der Waals surface area contributed by atoms with Crippen molar-refractivity contribution in [1.82, 2.24) is 19.5 Å². The van der Waals surface area contributed by atoms with Crippen LogP contribution in [0.1, 0.15) is 0 Å². The van der Waals surface area contributed by atoms with Gasteiger partial charge in [-0.1, -0.05) is 120 Å². The molecule has 3 heterocycles. The van der Waals surface area contributed by atoms with Gasteiger partial charge in [0.1, 0.15) is 50.4 Å². The number of furan rings is 1. The lowest BCUT2D eigenvalue weighted by molar-refractivity contribution is 0.669. The number of aromatic nitrogens is 4. The van der Waals surface area contributed by atoms with E-state index in [0.717, 1.165) is 55.3 Å². The number of para-hydroxylation sites is 3. The van der Waals surface area contributed by atoms with Crippen LogP contribution in [-0.4, -0.2) is 58.8 Å². The average molecular weight is 700 g/mol. The van der Waals surface area contributed by atoms with Crippen LogP contribution in [0.15, 0.2) is 144 Å². The molecule has 0 saturated carbocycles. The van der Waals surface area contributed by atoms with Gasteiger partial charge in [-0.25, -0.2) is 15.0 Å². The second-order valence-electron chi connectivity index (χ2n) is 14.6. The van der Waals surface area contributed by atoms with Crippen LogP contribution in [-0.2, 0) is 0 Å². The van der Waals surface area contributed by atoms with E-state index in [1.165, 1.54) is 49.2 Å². The molecule has 55 heavy (non-hydrogen) atoms. The lowest BCUT2D eigenvalue weighted by Gasteiger charge is -2.20. The first kappa shape index (κ1) is 33.1. The molecule has 0 unspecified atom stereocenters. The zero-order valence-electron chi connectivity index (χ0n) is 31.5. The summed E-state index contributed by atoms with van der Waals surface area (Å²) >= 11 is 0. The van der Waals surface area contributed by atoms with Crippen LogP contribution < -0.4 is 27.3 Å². The van der Waals surface area contributed by atoms with E-state index in [2.05, 4.69) is 147 Å². The number of hydrogen-bond acceptors (Lipinski definition) is 4. The third-order valence-electron chi connectivity index (χ3n) is 11.7. The summed E-state index contributed by atoms with van der Waals surface area (Å²) in [6.07, 6.45) is 0. The maximum atomic E-state index is 6.79. The van der Waals surface area contributed by atoms with Crippen molar-refractivity contribution in [3.63, 3.8) is 0 Å². The molecule has 0 bridgehead atoms. The van der Waals surface area contributed by atoms with Crippen LogP contribution in [0.25, 0.3) is 94.7 Å². The minimum absolute atomic E-state index is 0.562. The highest BCUT2D eigenvalue weighted by molar-refractivity contribution is 6.68. The Hall–Kier alpha value is -6.53. The smallest absolute Gasteiger partial charge is 0.167 e. The van der Waals surface area contributed by atoms with E-state index in [1.54, 1.807) is 0 Å². The summed E-state index contributed by atoms with van der Waals surface area (Å²) in [5.41, 5.74) is 16.8. The van der Waals surface area contributed by atoms with Gasteiger partial charge in [0.05, 0.1) is 27.7 Å². The van der Waals surface area contributed by atoms with Crippen molar-refractivity contribution in [3.8, 4) is 51.0 Å². The Morgan fingerprint density at radius 1 is 0.418 bits per heavy atom. The van der Waals surface area contributed by atoms with Gasteiger partial charge in [0.15, 0.2) is 17.5 Å². The Morgan fingerprint density at radius 3 is 1.58 bits per heavy atom. The maximum Gasteiger partial charge on any atom is 0.167 e. The Labute approximate surface area is 323 Å². The van der Waals surface area contributed by atoms with Crippen molar-refractivity contribution in [1.29, 1.82) is 0 Å². The summed E-state index contributed by atoms with van der Waals surface area (Å²) in [6.45, 7) is 0. The van der Waals surface area contributed by atoms with Gasteiger partial charge in [0.2, 0.25) is 0 Å². The third-order valence-corrected chi connectivity index (χ3v) is 11.7. The van der Waals surface area contributed by atoms with Gasteiger partial charge < -0.3 is 8.98 Å². The molecule has 10 rings (SSSR count). The lowest BCUT2D eigenvalue weighted by atomic mass is 9.59. The fourth-order valence-corrected chi connectivity index (χ4v) is 8.43. The molecule has 5 nitrogen and oxygen atoms in total. The fraction of sp³-hybridized carbons (Fsp3) is 0. The van der Waals surface area contributed by atoms with E-state index in [-0.39, 0.29) is 0 Å². The first-order chi connectivity index (χ1) is 26.9. The predicted octanol–water partition coefficient (Wildman–Crippen LogP) is 2.83. The van der Waals surface area contributed by atoms with Crippen LogP contribution >= 0.6 is 0 Å². The van der Waals surface area contributed by atoms with Crippen molar-refractivity contribution in [2.24, 2.45) is 0 Å². The second kappa shape index (κ2) is 12.8. The highest BCUT2D eigenvalue weighted by atomic mass is 16.3. The molecule has 0 spiro atoms. The first-order valence-electron chi connectivity index (χ1n) is 18.8. The molecule has 0 N–H and O–H groups in total. The van der Waals surface area contributed by atoms with E-state index in [0.29, 0.717) is 17.5 Å². The Kier molecular flexibility index (Phi) is 7.70. The monoisotopic (exact) mass is 700 g/mol. The molecular weight excluding hydrogens is 667 g/mol. The van der Waals surface area contributed by atoms with Crippen molar-refractivity contribution in [2.75, 3.05) is 0 Å². The Bertz CT molecular complexity index is 3070. The Balaban J connectivity index is 1.16. The van der Waals surface area contributed by atoms with E-state index >= 15 is 0 Å². The van der Waals surface area contributed by atoms with Gasteiger partial charge in [-0.05, 0) is 41.5 Å². The Morgan fingerprint density at radius 2 is 0.927 bits per heavy atom. The molecular formula is C45H33B5N4O. The number of hydrogen-bond donors (Lipinski definition) is 0. The molecule has 254 valence electrons. The van der Waals surface area contributed by atoms with Gasteiger partial charge in [0, 0.05) is 27.3 Å². The predicted molar refractivity (Wildman–Crippen MR) is 244 cm³/mol. The van der Waals surface area contributed by atoms with Crippen molar-refractivity contribution >= 4 is 110 Å². The van der Waals surface area contributed by atoms with Gasteiger partial charge in [-0.15, -0.1) is 16.4 Å². The minimum atomic E-state index is 0.562. The summed E-state index contributed by atoms with van der Waals surface area (Å²) in [7, 11) is 11.1. The van der Waals surface area contributed by atoms with Crippen LogP contribution in [0.2, 0.25) is 0 Å². The number of rotatable bonds is 5. The molecule has 0 aliphatic heterocycles. The van der Waals surface area contributed by atoms with Crippen LogP contribution in [0.4, 0.5) is 0 Å². The maximum absolute atomic E-state index is 6.79. The van der Waals surface area contributed by atoms with E-state index < -0.39 is 0 Å². The minimum Gasteiger partial charge on any atom is -0.455 e. The molecule has 0 aliphatic rings. The van der Waals surface area contributed by atoms with Crippen molar-refractivity contribution in [2.45, 2.75) is 0 Å². The van der Waals surface area contributed by atoms with Crippen LogP contribution in [0.5, 0.6) is 0 Å². The van der Waals surface area contributed by atoms with Crippen LogP contribution in [0, 0.1) is 0 Å². The SMILES string of the molecule is Bc1c(B)c(B)c(-c2ccc(-c3nc(-c4ccccc4)nc(-c4cccc5c4oc4cccc(-n6c7ccccc7c7ccccc76)c45)n3)cc2)c(B)c1B. The van der Waals surface area contributed by atoms with Crippen molar-refractivity contribution < 1.29 is 4.42 Å². The van der Waals surface area contributed by atoms with Gasteiger partial charge >= 0.3 is 0 Å². The number of nitrogens with zero attached hydrogens (tertiary/aromatic N) is 4. The highest BCUT2D eigenvalue weighted by Crippen LogP contribution is 2.41. The van der Waals surface area contributed by atoms with E-state index in [4.69, 9.17) is 19.4 Å². The molecule has 3 aromatic heterocycles. The zero-order chi connectivity index (χ0) is 37.4. The molecule has 0 fully saturated rings. The molecule has 10 heteroatoms. The standard InChI is InChI=1S/C45H33B5N4O/c46-37-35(38(47)40(49)41(50)39(37)48)24-20-22-26(23-21-24)44-51-43(25-10-2-1-3-11-25)52-45(53-44)30-15-8-14-29-36-33(18-9-19-34(36)55-42(29)30)54-31-16-6-4-12-27(31)28-13-5-7-17-32(28)54/h1-23H,46-50H2.